The Morgan fingerprint density at radius 1 is 1.47 bits per heavy atom. The van der Waals surface area contributed by atoms with Gasteiger partial charge in [-0.3, -0.25) is 4.99 Å². The molecule has 19 heavy (non-hydrogen) atoms. The van der Waals surface area contributed by atoms with Gasteiger partial charge in [0, 0.05) is 16.3 Å². The Hall–Kier alpha value is -0.550. The molecule has 0 aromatic carbocycles. The topological polar surface area (TPSA) is 37.3 Å². The number of thiazole rings is 1. The molecule has 0 spiro atoms. The number of thioether (sulfide) groups is 1. The van der Waals surface area contributed by atoms with Crippen LogP contribution in [-0.2, 0) is 0 Å². The van der Waals surface area contributed by atoms with Crippen LogP contribution < -0.4 is 5.32 Å². The van der Waals surface area contributed by atoms with E-state index in [1.54, 1.807) is 11.3 Å². The minimum Gasteiger partial charge on any atom is -0.356 e. The molecule has 0 fully saturated rings. The Bertz CT molecular complexity index is 460. The van der Waals surface area contributed by atoms with E-state index < -0.39 is 0 Å². The Balaban J connectivity index is 1.85. The first kappa shape index (κ1) is 14.9. The fourth-order valence-electron chi connectivity index (χ4n) is 2.11. The van der Waals surface area contributed by atoms with Gasteiger partial charge in [-0.2, -0.15) is 0 Å². The molecule has 1 aromatic heterocycles. The lowest BCUT2D eigenvalue weighted by molar-refractivity contribution is 0.375. The standard InChI is InChI=1S/C14H23N3S2/c1-9-7-15-12(18-9)10(2)17-13-16-8-11(19-13)6-14(3,4)5/h7,10-11H,6,8H2,1-5H3,(H,16,17). The maximum Gasteiger partial charge on any atom is 0.157 e. The number of nitrogens with zero attached hydrogens (tertiary/aromatic N) is 2. The highest BCUT2D eigenvalue weighted by molar-refractivity contribution is 8.14. The minimum atomic E-state index is 0.248. The summed E-state index contributed by atoms with van der Waals surface area (Å²) in [7, 11) is 0. The maximum absolute atomic E-state index is 4.62. The van der Waals surface area contributed by atoms with Gasteiger partial charge >= 0.3 is 0 Å². The number of nitrogens with one attached hydrogen (secondary N) is 1. The summed E-state index contributed by atoms with van der Waals surface area (Å²) in [6.45, 7) is 12.1. The van der Waals surface area contributed by atoms with Crippen LogP contribution in [0.25, 0.3) is 0 Å². The van der Waals surface area contributed by atoms with E-state index in [-0.39, 0.29) is 6.04 Å². The highest BCUT2D eigenvalue weighted by Gasteiger charge is 2.26. The Kier molecular flexibility index (Phi) is 4.56. The second-order valence-electron chi connectivity index (χ2n) is 6.33. The molecule has 2 rings (SSSR count). The van der Waals surface area contributed by atoms with E-state index in [0.717, 1.165) is 16.7 Å². The lowest BCUT2D eigenvalue weighted by atomic mass is 9.90. The molecule has 0 saturated carbocycles. The van der Waals surface area contributed by atoms with Gasteiger partial charge in [-0.15, -0.1) is 11.3 Å². The van der Waals surface area contributed by atoms with Crippen molar-refractivity contribution in [2.24, 2.45) is 10.4 Å². The predicted octanol–water partition coefficient (Wildman–Crippen LogP) is 4.01. The summed E-state index contributed by atoms with van der Waals surface area (Å²) in [5.41, 5.74) is 0.376. The van der Waals surface area contributed by atoms with Crippen LogP contribution in [0.3, 0.4) is 0 Å². The van der Waals surface area contributed by atoms with Crippen LogP contribution in [0.4, 0.5) is 0 Å². The summed E-state index contributed by atoms with van der Waals surface area (Å²) in [6.07, 6.45) is 3.14. The van der Waals surface area contributed by atoms with E-state index in [9.17, 15) is 0 Å². The van der Waals surface area contributed by atoms with E-state index >= 15 is 0 Å². The highest BCUT2D eigenvalue weighted by Crippen LogP contribution is 2.32. The van der Waals surface area contributed by atoms with Crippen molar-refractivity contribution in [1.82, 2.24) is 10.3 Å². The van der Waals surface area contributed by atoms with E-state index in [1.807, 2.05) is 18.0 Å². The first-order valence-corrected chi connectivity index (χ1v) is 8.43. The fraction of sp³-hybridized carbons (Fsp3) is 0.714. The number of aliphatic imine (C=N–C) groups is 1. The molecule has 0 amide bonds. The number of hydrogen-bond donors (Lipinski definition) is 1. The number of aryl methyl sites for hydroxylation is 1. The van der Waals surface area contributed by atoms with Gasteiger partial charge in [-0.25, -0.2) is 4.98 Å². The average molecular weight is 297 g/mol. The van der Waals surface area contributed by atoms with Crippen molar-refractivity contribution in [2.45, 2.75) is 52.3 Å². The largest absolute Gasteiger partial charge is 0.356 e. The van der Waals surface area contributed by atoms with Gasteiger partial charge in [0.1, 0.15) is 5.01 Å². The van der Waals surface area contributed by atoms with Crippen LogP contribution in [0.5, 0.6) is 0 Å². The molecule has 0 aliphatic carbocycles. The molecule has 2 atom stereocenters. The predicted molar refractivity (Wildman–Crippen MR) is 86.2 cm³/mol. The molecule has 1 aliphatic rings. The molecule has 1 aromatic rings. The van der Waals surface area contributed by atoms with Crippen molar-refractivity contribution in [3.8, 4) is 0 Å². The summed E-state index contributed by atoms with van der Waals surface area (Å²) < 4.78 is 0. The fourth-order valence-corrected chi connectivity index (χ4v) is 4.32. The highest BCUT2D eigenvalue weighted by atomic mass is 32.2. The zero-order valence-electron chi connectivity index (χ0n) is 12.4. The zero-order valence-corrected chi connectivity index (χ0v) is 14.0. The van der Waals surface area contributed by atoms with E-state index in [0.29, 0.717) is 10.7 Å². The lowest BCUT2D eigenvalue weighted by Gasteiger charge is -2.21. The molecule has 1 N–H and O–H groups in total. The second-order valence-corrected chi connectivity index (χ2v) is 8.88. The summed E-state index contributed by atoms with van der Waals surface area (Å²) in [4.78, 5) is 10.3. The van der Waals surface area contributed by atoms with Gasteiger partial charge in [-0.1, -0.05) is 32.5 Å². The smallest absolute Gasteiger partial charge is 0.157 e. The molecule has 0 saturated heterocycles. The third kappa shape index (κ3) is 4.49. The van der Waals surface area contributed by atoms with Crippen LogP contribution in [0, 0.1) is 12.3 Å². The molecular formula is C14H23N3S2. The van der Waals surface area contributed by atoms with Crippen molar-refractivity contribution in [1.29, 1.82) is 0 Å². The summed E-state index contributed by atoms with van der Waals surface area (Å²) in [6, 6.07) is 0.248. The summed E-state index contributed by atoms with van der Waals surface area (Å²) in [5.74, 6) is 0. The molecule has 2 heterocycles. The minimum absolute atomic E-state index is 0.248. The van der Waals surface area contributed by atoms with E-state index in [2.05, 4.69) is 49.9 Å². The van der Waals surface area contributed by atoms with Gasteiger partial charge in [0.2, 0.25) is 0 Å². The summed E-state index contributed by atoms with van der Waals surface area (Å²) in [5, 5.41) is 6.32. The van der Waals surface area contributed by atoms with Crippen molar-refractivity contribution in [2.75, 3.05) is 6.54 Å². The van der Waals surface area contributed by atoms with E-state index in [4.69, 9.17) is 0 Å². The van der Waals surface area contributed by atoms with Crippen molar-refractivity contribution < 1.29 is 0 Å². The normalized spacial score (nSPS) is 21.3. The molecule has 0 radical (unpaired) electrons. The molecule has 1 aliphatic heterocycles. The maximum atomic E-state index is 4.62. The summed E-state index contributed by atoms with van der Waals surface area (Å²) >= 11 is 3.64. The number of rotatable bonds is 3. The number of hydrogen-bond acceptors (Lipinski definition) is 5. The van der Waals surface area contributed by atoms with Gasteiger partial charge in [-0.05, 0) is 25.7 Å². The quantitative estimate of drug-likeness (QED) is 0.916. The van der Waals surface area contributed by atoms with Crippen LogP contribution in [-0.4, -0.2) is 21.9 Å². The first-order chi connectivity index (χ1) is 8.83. The zero-order chi connectivity index (χ0) is 14.0. The first-order valence-electron chi connectivity index (χ1n) is 6.73. The van der Waals surface area contributed by atoms with Gasteiger partial charge in [0.25, 0.3) is 0 Å². The van der Waals surface area contributed by atoms with Crippen molar-refractivity contribution >= 4 is 28.3 Å². The third-order valence-corrected chi connectivity index (χ3v) is 5.12. The molecule has 106 valence electrons. The van der Waals surface area contributed by atoms with Gasteiger partial charge in [0.15, 0.2) is 5.17 Å². The van der Waals surface area contributed by atoms with E-state index in [1.165, 1.54) is 11.3 Å². The molecule has 5 heteroatoms. The van der Waals surface area contributed by atoms with Crippen molar-refractivity contribution in [3.63, 3.8) is 0 Å². The molecule has 3 nitrogen and oxygen atoms in total. The lowest BCUT2D eigenvalue weighted by Crippen LogP contribution is -2.23. The molecule has 2 unspecified atom stereocenters. The van der Waals surface area contributed by atoms with Crippen LogP contribution in [0.15, 0.2) is 11.2 Å². The van der Waals surface area contributed by atoms with Crippen molar-refractivity contribution in [3.05, 3.63) is 16.1 Å². The van der Waals surface area contributed by atoms with Crippen LogP contribution in [0.2, 0.25) is 0 Å². The Labute approximate surface area is 124 Å². The monoisotopic (exact) mass is 297 g/mol. The van der Waals surface area contributed by atoms with Crippen LogP contribution in [0.1, 0.15) is 50.0 Å². The average Bonchev–Trinajstić information content (AvgIpc) is 2.85. The van der Waals surface area contributed by atoms with Gasteiger partial charge < -0.3 is 5.32 Å². The third-order valence-electron chi connectivity index (χ3n) is 2.91. The molecule has 0 bridgehead atoms. The number of aromatic nitrogens is 1. The molecular weight excluding hydrogens is 274 g/mol. The van der Waals surface area contributed by atoms with Gasteiger partial charge in [0.05, 0.1) is 12.6 Å². The Morgan fingerprint density at radius 2 is 2.21 bits per heavy atom. The SMILES string of the molecule is Cc1cnc(C(C)NC2=NCC(CC(C)(C)C)S2)s1. The number of amidine groups is 1. The second kappa shape index (κ2) is 5.83. The van der Waals surface area contributed by atoms with Crippen LogP contribution >= 0.6 is 23.1 Å². The Morgan fingerprint density at radius 3 is 2.79 bits per heavy atom.